The molecule has 0 aliphatic heterocycles. The third-order valence-corrected chi connectivity index (χ3v) is 4.70. The van der Waals surface area contributed by atoms with Gasteiger partial charge in [-0.15, -0.1) is 0 Å². The maximum atomic E-state index is 12.9. The van der Waals surface area contributed by atoms with Crippen LogP contribution in [-0.4, -0.2) is 6.04 Å². The molecule has 3 heteroatoms. The molecule has 0 saturated heterocycles. The Hall–Kier alpha value is -1.10. The van der Waals surface area contributed by atoms with Crippen LogP contribution in [0.3, 0.4) is 0 Å². The Labute approximate surface area is 132 Å². The zero-order chi connectivity index (χ0) is 14.1. The van der Waals surface area contributed by atoms with Crippen molar-refractivity contribution in [2.45, 2.75) is 31.7 Å². The molecule has 104 valence electrons. The lowest BCUT2D eigenvalue weighted by molar-refractivity contribution is 0.373. The number of benzene rings is 2. The number of anilines is 1. The first kappa shape index (κ1) is 13.9. The summed E-state index contributed by atoms with van der Waals surface area (Å²) in [6.45, 7) is 2.14. The van der Waals surface area contributed by atoms with Gasteiger partial charge < -0.3 is 5.32 Å². The largest absolute Gasteiger partial charge is 0.382 e. The second-order valence-electron chi connectivity index (χ2n) is 5.52. The highest BCUT2D eigenvalue weighted by atomic mass is 127. The van der Waals surface area contributed by atoms with E-state index in [1.165, 1.54) is 20.4 Å². The van der Waals surface area contributed by atoms with Gasteiger partial charge in [-0.1, -0.05) is 12.1 Å². The van der Waals surface area contributed by atoms with Crippen LogP contribution < -0.4 is 5.32 Å². The van der Waals surface area contributed by atoms with Crippen LogP contribution in [0.15, 0.2) is 42.5 Å². The minimum Gasteiger partial charge on any atom is -0.382 e. The summed E-state index contributed by atoms with van der Waals surface area (Å²) in [5.74, 6) is 0.412. The highest BCUT2D eigenvalue weighted by Gasteiger charge is 2.30. The Morgan fingerprint density at radius 1 is 1.10 bits per heavy atom. The minimum atomic E-state index is -0.155. The van der Waals surface area contributed by atoms with Gasteiger partial charge in [0.05, 0.1) is 0 Å². The van der Waals surface area contributed by atoms with E-state index in [4.69, 9.17) is 0 Å². The zero-order valence-electron chi connectivity index (χ0n) is 11.4. The summed E-state index contributed by atoms with van der Waals surface area (Å²) in [6, 6.07) is 13.9. The summed E-state index contributed by atoms with van der Waals surface area (Å²) in [5, 5.41) is 3.61. The monoisotopic (exact) mass is 381 g/mol. The number of hydrogen-bond donors (Lipinski definition) is 1. The van der Waals surface area contributed by atoms with E-state index in [9.17, 15) is 4.39 Å². The average Bonchev–Trinajstić information content (AvgIpc) is 2.37. The van der Waals surface area contributed by atoms with E-state index in [0.29, 0.717) is 12.0 Å². The molecule has 0 heterocycles. The molecule has 0 unspecified atom stereocenters. The van der Waals surface area contributed by atoms with Crippen molar-refractivity contribution >= 4 is 28.3 Å². The van der Waals surface area contributed by atoms with Gasteiger partial charge in [-0.2, -0.15) is 0 Å². The summed E-state index contributed by atoms with van der Waals surface area (Å²) in [5.41, 5.74) is 3.78. The Morgan fingerprint density at radius 2 is 1.80 bits per heavy atom. The molecule has 1 nitrogen and oxygen atoms in total. The van der Waals surface area contributed by atoms with Crippen LogP contribution in [0.25, 0.3) is 0 Å². The molecular weight excluding hydrogens is 364 g/mol. The maximum Gasteiger partial charge on any atom is 0.123 e. The molecule has 1 saturated carbocycles. The Balaban J connectivity index is 1.59. The molecule has 0 bridgehead atoms. The summed E-state index contributed by atoms with van der Waals surface area (Å²) in [4.78, 5) is 0. The summed E-state index contributed by atoms with van der Waals surface area (Å²) < 4.78 is 14.2. The molecule has 0 spiro atoms. The average molecular weight is 381 g/mol. The van der Waals surface area contributed by atoms with Crippen LogP contribution in [0.1, 0.15) is 29.9 Å². The van der Waals surface area contributed by atoms with Crippen molar-refractivity contribution in [2.24, 2.45) is 0 Å². The fourth-order valence-corrected chi connectivity index (χ4v) is 3.40. The topological polar surface area (TPSA) is 12.0 Å². The number of halogens is 2. The van der Waals surface area contributed by atoms with Gasteiger partial charge in [0.15, 0.2) is 0 Å². The van der Waals surface area contributed by atoms with Crippen molar-refractivity contribution in [1.29, 1.82) is 0 Å². The van der Waals surface area contributed by atoms with E-state index >= 15 is 0 Å². The van der Waals surface area contributed by atoms with E-state index in [1.807, 2.05) is 12.1 Å². The van der Waals surface area contributed by atoms with E-state index < -0.39 is 0 Å². The normalized spacial score (nSPS) is 21.4. The molecule has 0 aromatic heterocycles. The molecule has 1 aliphatic rings. The van der Waals surface area contributed by atoms with Crippen LogP contribution in [0.2, 0.25) is 0 Å². The van der Waals surface area contributed by atoms with E-state index in [2.05, 4.69) is 53.0 Å². The smallest absolute Gasteiger partial charge is 0.123 e. The van der Waals surface area contributed by atoms with Crippen molar-refractivity contribution in [3.05, 3.63) is 63.0 Å². The molecular formula is C17H17FIN. The first-order valence-electron chi connectivity index (χ1n) is 6.90. The first-order valence-corrected chi connectivity index (χ1v) is 7.98. The predicted octanol–water partition coefficient (Wildman–Crippen LogP) is 5.10. The molecule has 2 aromatic rings. The third-order valence-electron chi connectivity index (χ3n) is 4.03. The first-order chi connectivity index (χ1) is 9.61. The van der Waals surface area contributed by atoms with E-state index in [-0.39, 0.29) is 5.82 Å². The third kappa shape index (κ3) is 2.97. The van der Waals surface area contributed by atoms with Crippen molar-refractivity contribution in [2.75, 3.05) is 5.32 Å². The van der Waals surface area contributed by atoms with Crippen LogP contribution in [-0.2, 0) is 0 Å². The fraction of sp³-hybridized carbons (Fsp3) is 0.294. The Bertz CT molecular complexity index is 603. The summed E-state index contributed by atoms with van der Waals surface area (Å²) in [6.07, 6.45) is 2.24. The standard InChI is InChI=1S/C17H17FIN/c1-11-8-15(19)6-7-17(11)20-16-9-13(10-16)12-2-4-14(18)5-3-12/h2-8,13,16,20H,9-10H2,1H3. The van der Waals surface area contributed by atoms with Crippen LogP contribution in [0.4, 0.5) is 10.1 Å². The van der Waals surface area contributed by atoms with Gasteiger partial charge in [-0.3, -0.25) is 0 Å². The van der Waals surface area contributed by atoms with Gasteiger partial charge in [0.2, 0.25) is 0 Å². The number of aryl methyl sites for hydroxylation is 1. The molecule has 0 radical (unpaired) electrons. The molecule has 0 atom stereocenters. The van der Waals surface area contributed by atoms with Gasteiger partial charge in [0, 0.05) is 15.3 Å². The Kier molecular flexibility index (Phi) is 3.96. The lowest BCUT2D eigenvalue weighted by Crippen LogP contribution is -2.34. The molecule has 2 aromatic carbocycles. The summed E-state index contributed by atoms with van der Waals surface area (Å²) >= 11 is 2.33. The number of nitrogens with one attached hydrogen (secondary N) is 1. The number of rotatable bonds is 3. The summed E-state index contributed by atoms with van der Waals surface area (Å²) in [7, 11) is 0. The Morgan fingerprint density at radius 3 is 2.45 bits per heavy atom. The lowest BCUT2D eigenvalue weighted by Gasteiger charge is -2.37. The SMILES string of the molecule is Cc1cc(I)ccc1NC1CC(c2ccc(F)cc2)C1. The molecule has 20 heavy (non-hydrogen) atoms. The number of hydrogen-bond acceptors (Lipinski definition) is 1. The van der Waals surface area contributed by atoms with Gasteiger partial charge in [-0.25, -0.2) is 4.39 Å². The van der Waals surface area contributed by atoms with Gasteiger partial charge in [0.1, 0.15) is 5.82 Å². The van der Waals surface area contributed by atoms with Crippen molar-refractivity contribution < 1.29 is 4.39 Å². The second-order valence-corrected chi connectivity index (χ2v) is 6.77. The molecule has 1 N–H and O–H groups in total. The van der Waals surface area contributed by atoms with Crippen molar-refractivity contribution in [3.8, 4) is 0 Å². The zero-order valence-corrected chi connectivity index (χ0v) is 13.5. The highest BCUT2D eigenvalue weighted by Crippen LogP contribution is 2.38. The quantitative estimate of drug-likeness (QED) is 0.730. The van der Waals surface area contributed by atoms with Crippen LogP contribution >= 0.6 is 22.6 Å². The van der Waals surface area contributed by atoms with Crippen molar-refractivity contribution in [3.63, 3.8) is 0 Å². The molecule has 1 aliphatic carbocycles. The van der Waals surface area contributed by atoms with Crippen LogP contribution in [0.5, 0.6) is 0 Å². The van der Waals surface area contributed by atoms with Crippen molar-refractivity contribution in [1.82, 2.24) is 0 Å². The fourth-order valence-electron chi connectivity index (χ4n) is 2.75. The lowest BCUT2D eigenvalue weighted by atomic mass is 9.76. The highest BCUT2D eigenvalue weighted by molar-refractivity contribution is 14.1. The molecule has 3 rings (SSSR count). The van der Waals surface area contributed by atoms with Gasteiger partial charge in [-0.05, 0) is 89.7 Å². The second kappa shape index (κ2) is 5.72. The van der Waals surface area contributed by atoms with Crippen LogP contribution in [0, 0.1) is 16.3 Å². The van der Waals surface area contributed by atoms with E-state index in [1.54, 1.807) is 12.1 Å². The van der Waals surface area contributed by atoms with Gasteiger partial charge >= 0.3 is 0 Å². The van der Waals surface area contributed by atoms with E-state index in [0.717, 1.165) is 12.8 Å². The minimum absolute atomic E-state index is 0.155. The maximum absolute atomic E-state index is 12.9. The molecule has 1 fully saturated rings. The predicted molar refractivity (Wildman–Crippen MR) is 89.7 cm³/mol. The van der Waals surface area contributed by atoms with Gasteiger partial charge in [0.25, 0.3) is 0 Å². The molecule has 0 amide bonds.